The summed E-state index contributed by atoms with van der Waals surface area (Å²) < 4.78 is 0.546. The molecule has 0 saturated carbocycles. The molecule has 0 spiro atoms. The third kappa shape index (κ3) is 4.21. The van der Waals surface area contributed by atoms with Gasteiger partial charge in [0.2, 0.25) is 0 Å². The molecule has 20 heavy (non-hydrogen) atoms. The Bertz CT molecular complexity index is 568. The van der Waals surface area contributed by atoms with Gasteiger partial charge in [-0.2, -0.15) is 0 Å². The van der Waals surface area contributed by atoms with Crippen molar-refractivity contribution in [3.63, 3.8) is 0 Å². The van der Waals surface area contributed by atoms with Crippen molar-refractivity contribution < 1.29 is 4.79 Å². The predicted octanol–water partition coefficient (Wildman–Crippen LogP) is 3.55. The highest BCUT2D eigenvalue weighted by Gasteiger charge is 2.04. The van der Waals surface area contributed by atoms with E-state index < -0.39 is 0 Å². The van der Waals surface area contributed by atoms with Crippen LogP contribution in [0.3, 0.4) is 0 Å². The fraction of sp³-hybridized carbons (Fsp3) is 0.286. The Kier molecular flexibility index (Phi) is 5.38. The number of halogens is 1. The van der Waals surface area contributed by atoms with Crippen LogP contribution in [0.2, 0.25) is 4.47 Å². The fourth-order valence-electron chi connectivity index (χ4n) is 1.63. The van der Waals surface area contributed by atoms with Crippen molar-refractivity contribution in [1.29, 1.82) is 0 Å². The van der Waals surface area contributed by atoms with Gasteiger partial charge in [-0.05, 0) is 30.7 Å². The molecule has 0 radical (unpaired) electrons. The molecule has 0 aliphatic carbocycles. The van der Waals surface area contributed by atoms with Gasteiger partial charge in [0.05, 0.1) is 6.54 Å². The van der Waals surface area contributed by atoms with Crippen molar-refractivity contribution in [2.75, 3.05) is 11.9 Å². The maximum atomic E-state index is 11.7. The molecule has 106 valence electrons. The van der Waals surface area contributed by atoms with Crippen molar-refractivity contribution >= 4 is 34.5 Å². The summed E-state index contributed by atoms with van der Waals surface area (Å²) in [5.74, 6) is -0.0346. The van der Waals surface area contributed by atoms with E-state index in [4.69, 9.17) is 11.6 Å². The minimum atomic E-state index is -0.0346. The molecular weight excluding hydrogens is 294 g/mol. The second kappa shape index (κ2) is 7.26. The van der Waals surface area contributed by atoms with Gasteiger partial charge in [0.1, 0.15) is 0 Å². The van der Waals surface area contributed by atoms with Gasteiger partial charge < -0.3 is 10.6 Å². The van der Waals surface area contributed by atoms with E-state index in [1.54, 1.807) is 6.20 Å². The average molecular weight is 310 g/mol. The third-order valence-electron chi connectivity index (χ3n) is 2.67. The number of carbonyl (C=O) groups is 1. The zero-order valence-electron chi connectivity index (χ0n) is 11.1. The number of carbonyl (C=O) groups excluding carboxylic acids is 1. The zero-order valence-corrected chi connectivity index (χ0v) is 12.7. The summed E-state index contributed by atoms with van der Waals surface area (Å²) in [5, 5.41) is 6.11. The third-order valence-corrected chi connectivity index (χ3v) is 3.79. The minimum Gasteiger partial charge on any atom is -0.380 e. The van der Waals surface area contributed by atoms with Gasteiger partial charge in [0.15, 0.2) is 4.47 Å². The van der Waals surface area contributed by atoms with E-state index in [9.17, 15) is 4.79 Å². The fourth-order valence-corrected chi connectivity index (χ4v) is 2.55. The molecule has 1 amide bonds. The molecule has 4 nitrogen and oxygen atoms in total. The van der Waals surface area contributed by atoms with Crippen LogP contribution in [0.15, 0.2) is 30.5 Å². The maximum absolute atomic E-state index is 11.7. The number of nitrogens with one attached hydrogen (secondary N) is 2. The number of thiazole rings is 1. The van der Waals surface area contributed by atoms with Crippen LogP contribution in [0.1, 0.15) is 28.6 Å². The van der Waals surface area contributed by atoms with Crippen molar-refractivity contribution in [3.05, 3.63) is 45.4 Å². The smallest absolute Gasteiger partial charge is 0.251 e. The number of amides is 1. The summed E-state index contributed by atoms with van der Waals surface area (Å²) >= 11 is 7.23. The molecule has 0 aliphatic heterocycles. The molecule has 0 saturated heterocycles. The normalized spacial score (nSPS) is 10.3. The summed E-state index contributed by atoms with van der Waals surface area (Å²) in [6.07, 6.45) is 2.69. The van der Waals surface area contributed by atoms with Crippen molar-refractivity contribution in [1.82, 2.24) is 10.3 Å². The first-order valence-electron chi connectivity index (χ1n) is 6.41. The second-order valence-electron chi connectivity index (χ2n) is 4.27. The number of aromatic nitrogens is 1. The van der Waals surface area contributed by atoms with Gasteiger partial charge in [-0.15, -0.1) is 11.3 Å². The summed E-state index contributed by atoms with van der Waals surface area (Å²) in [6.45, 7) is 3.40. The molecular formula is C14H16ClN3OS. The largest absolute Gasteiger partial charge is 0.380 e. The van der Waals surface area contributed by atoms with Gasteiger partial charge in [0, 0.05) is 28.9 Å². The van der Waals surface area contributed by atoms with Crippen molar-refractivity contribution in [3.8, 4) is 0 Å². The average Bonchev–Trinajstić information content (AvgIpc) is 2.89. The van der Waals surface area contributed by atoms with Crippen LogP contribution in [-0.4, -0.2) is 17.4 Å². The van der Waals surface area contributed by atoms with Crippen LogP contribution in [0.4, 0.5) is 5.69 Å². The number of benzene rings is 1. The molecule has 1 heterocycles. The summed E-state index contributed by atoms with van der Waals surface area (Å²) in [4.78, 5) is 16.8. The van der Waals surface area contributed by atoms with Crippen LogP contribution in [0.5, 0.6) is 0 Å². The lowest BCUT2D eigenvalue weighted by Crippen LogP contribution is -2.23. The molecule has 2 aromatic rings. The Labute approximate surface area is 127 Å². The monoisotopic (exact) mass is 309 g/mol. The van der Waals surface area contributed by atoms with Crippen LogP contribution < -0.4 is 10.6 Å². The van der Waals surface area contributed by atoms with Gasteiger partial charge >= 0.3 is 0 Å². The van der Waals surface area contributed by atoms with Gasteiger partial charge in [-0.25, -0.2) is 4.98 Å². The van der Waals surface area contributed by atoms with E-state index in [0.717, 1.165) is 17.0 Å². The highest BCUT2D eigenvalue weighted by Crippen LogP contribution is 2.19. The molecule has 2 rings (SSSR count). The van der Waals surface area contributed by atoms with Crippen molar-refractivity contribution in [2.45, 2.75) is 19.9 Å². The Morgan fingerprint density at radius 1 is 1.35 bits per heavy atom. The van der Waals surface area contributed by atoms with E-state index in [-0.39, 0.29) is 5.91 Å². The molecule has 2 N–H and O–H groups in total. The quantitative estimate of drug-likeness (QED) is 0.858. The Balaban J connectivity index is 1.89. The minimum absolute atomic E-state index is 0.0346. The highest BCUT2D eigenvalue weighted by atomic mass is 35.5. The van der Waals surface area contributed by atoms with E-state index in [0.29, 0.717) is 23.1 Å². The predicted molar refractivity (Wildman–Crippen MR) is 83.5 cm³/mol. The Morgan fingerprint density at radius 3 is 2.70 bits per heavy atom. The number of hydrogen-bond donors (Lipinski definition) is 2. The molecule has 1 aromatic heterocycles. The first-order valence-corrected chi connectivity index (χ1v) is 7.61. The summed E-state index contributed by atoms with van der Waals surface area (Å²) in [7, 11) is 0. The lowest BCUT2D eigenvalue weighted by molar-refractivity contribution is 0.0953. The van der Waals surface area contributed by atoms with Gasteiger partial charge in [-0.3, -0.25) is 4.79 Å². The van der Waals surface area contributed by atoms with Crippen molar-refractivity contribution in [2.24, 2.45) is 0 Å². The number of hydrogen-bond acceptors (Lipinski definition) is 4. The van der Waals surface area contributed by atoms with Crippen LogP contribution in [0.25, 0.3) is 0 Å². The van der Waals surface area contributed by atoms with Gasteiger partial charge in [-0.1, -0.05) is 18.5 Å². The van der Waals surface area contributed by atoms with Crippen LogP contribution in [0, 0.1) is 0 Å². The van der Waals surface area contributed by atoms with E-state index in [1.807, 2.05) is 31.2 Å². The zero-order chi connectivity index (χ0) is 14.4. The summed E-state index contributed by atoms with van der Waals surface area (Å²) in [6, 6.07) is 7.41. The number of anilines is 1. The lowest BCUT2D eigenvalue weighted by Gasteiger charge is -2.06. The standard InChI is InChI=1S/C14H16ClN3OS/c1-2-7-16-13(19)10-3-5-11(6-4-10)17-8-12-9-18-14(15)20-12/h3-6,9,17H,2,7-8H2,1H3,(H,16,19). The van der Waals surface area contributed by atoms with E-state index in [2.05, 4.69) is 15.6 Å². The maximum Gasteiger partial charge on any atom is 0.251 e. The summed E-state index contributed by atoms with van der Waals surface area (Å²) in [5.41, 5.74) is 1.63. The van der Waals surface area contributed by atoms with Gasteiger partial charge in [0.25, 0.3) is 5.91 Å². The van der Waals surface area contributed by atoms with Crippen LogP contribution in [-0.2, 0) is 6.54 Å². The SMILES string of the molecule is CCCNC(=O)c1ccc(NCc2cnc(Cl)s2)cc1. The molecule has 0 fully saturated rings. The molecule has 0 unspecified atom stereocenters. The van der Waals surface area contributed by atoms with E-state index >= 15 is 0 Å². The molecule has 6 heteroatoms. The second-order valence-corrected chi connectivity index (χ2v) is 5.96. The molecule has 0 aliphatic rings. The highest BCUT2D eigenvalue weighted by molar-refractivity contribution is 7.15. The molecule has 0 bridgehead atoms. The topological polar surface area (TPSA) is 54.0 Å². The van der Waals surface area contributed by atoms with E-state index in [1.165, 1.54) is 11.3 Å². The first-order chi connectivity index (χ1) is 9.69. The number of rotatable bonds is 6. The molecule has 1 aromatic carbocycles. The molecule has 0 atom stereocenters. The Morgan fingerprint density at radius 2 is 2.10 bits per heavy atom. The number of nitrogens with zero attached hydrogens (tertiary/aromatic N) is 1. The lowest BCUT2D eigenvalue weighted by atomic mass is 10.2. The Hall–Kier alpha value is -1.59. The first kappa shape index (κ1) is 14.8. The van der Waals surface area contributed by atoms with Crippen LogP contribution >= 0.6 is 22.9 Å².